The highest BCUT2D eigenvalue weighted by molar-refractivity contribution is 5.86. The summed E-state index contributed by atoms with van der Waals surface area (Å²) in [7, 11) is 0. The third-order valence-electron chi connectivity index (χ3n) is 5.09. The van der Waals surface area contributed by atoms with Gasteiger partial charge in [0.2, 0.25) is 0 Å². The molecule has 4 aromatic rings. The van der Waals surface area contributed by atoms with Crippen molar-refractivity contribution in [1.82, 2.24) is 4.98 Å². The summed E-state index contributed by atoms with van der Waals surface area (Å²) in [5, 5.41) is 19.6. The standard InChI is InChI=1S/C24H17NO2/c26-18-9-6-15(7-10-18)20-14-23(16-4-2-1-3-5-16)25-24-21-13-19(27)11-8-17(21)12-22(20)24/h1-11,13-14,26-27H,12H2. The molecule has 27 heavy (non-hydrogen) atoms. The summed E-state index contributed by atoms with van der Waals surface area (Å²) < 4.78 is 0. The zero-order valence-corrected chi connectivity index (χ0v) is 14.6. The predicted molar refractivity (Wildman–Crippen MR) is 107 cm³/mol. The summed E-state index contributed by atoms with van der Waals surface area (Å²) in [4.78, 5) is 4.95. The molecule has 1 heterocycles. The molecule has 130 valence electrons. The molecule has 3 aromatic carbocycles. The molecule has 0 saturated heterocycles. The Morgan fingerprint density at radius 2 is 1.41 bits per heavy atom. The fraction of sp³-hybridized carbons (Fsp3) is 0.0417. The molecule has 1 aromatic heterocycles. The van der Waals surface area contributed by atoms with Crippen LogP contribution < -0.4 is 0 Å². The first-order valence-corrected chi connectivity index (χ1v) is 8.90. The molecular weight excluding hydrogens is 334 g/mol. The average molecular weight is 351 g/mol. The number of phenolic OH excluding ortho intramolecular Hbond substituents is 2. The van der Waals surface area contributed by atoms with Crippen LogP contribution in [0.2, 0.25) is 0 Å². The molecule has 5 rings (SSSR count). The van der Waals surface area contributed by atoms with Gasteiger partial charge in [0.1, 0.15) is 11.5 Å². The van der Waals surface area contributed by atoms with Gasteiger partial charge >= 0.3 is 0 Å². The molecule has 0 unspecified atom stereocenters. The second kappa shape index (κ2) is 5.99. The van der Waals surface area contributed by atoms with E-state index < -0.39 is 0 Å². The van der Waals surface area contributed by atoms with Gasteiger partial charge in [-0.15, -0.1) is 0 Å². The summed E-state index contributed by atoms with van der Waals surface area (Å²) in [5.74, 6) is 0.501. The minimum Gasteiger partial charge on any atom is -0.508 e. The van der Waals surface area contributed by atoms with Crippen LogP contribution in [-0.4, -0.2) is 15.2 Å². The molecule has 0 aliphatic heterocycles. The van der Waals surface area contributed by atoms with Gasteiger partial charge in [0.05, 0.1) is 11.4 Å². The normalized spacial score (nSPS) is 11.9. The topological polar surface area (TPSA) is 53.4 Å². The van der Waals surface area contributed by atoms with Gasteiger partial charge in [0.15, 0.2) is 0 Å². The molecule has 3 heteroatoms. The Balaban J connectivity index is 1.78. The van der Waals surface area contributed by atoms with E-state index in [-0.39, 0.29) is 11.5 Å². The maximum absolute atomic E-state index is 9.97. The molecular formula is C24H17NO2. The van der Waals surface area contributed by atoms with E-state index in [4.69, 9.17) is 4.98 Å². The minimum absolute atomic E-state index is 0.250. The minimum atomic E-state index is 0.250. The lowest BCUT2D eigenvalue weighted by Crippen LogP contribution is -1.94. The number of aromatic nitrogens is 1. The predicted octanol–water partition coefficient (Wildman–Crippen LogP) is 5.40. The summed E-state index contributed by atoms with van der Waals surface area (Å²) in [5.41, 5.74) is 8.33. The molecule has 1 aliphatic rings. The van der Waals surface area contributed by atoms with Crippen molar-refractivity contribution in [3.8, 4) is 45.1 Å². The third-order valence-corrected chi connectivity index (χ3v) is 5.09. The van der Waals surface area contributed by atoms with Crippen LogP contribution in [0.1, 0.15) is 11.1 Å². The van der Waals surface area contributed by atoms with Crippen molar-refractivity contribution in [2.24, 2.45) is 0 Å². The zero-order valence-electron chi connectivity index (χ0n) is 14.6. The third kappa shape index (κ3) is 2.64. The largest absolute Gasteiger partial charge is 0.508 e. The van der Waals surface area contributed by atoms with E-state index in [1.54, 1.807) is 24.3 Å². The van der Waals surface area contributed by atoms with E-state index in [2.05, 4.69) is 6.07 Å². The molecule has 0 radical (unpaired) electrons. The Bertz CT molecular complexity index is 1150. The van der Waals surface area contributed by atoms with Crippen molar-refractivity contribution in [3.05, 3.63) is 90.0 Å². The highest BCUT2D eigenvalue weighted by atomic mass is 16.3. The first kappa shape index (κ1) is 15.6. The quantitative estimate of drug-likeness (QED) is 0.448. The highest BCUT2D eigenvalue weighted by Crippen LogP contribution is 2.43. The van der Waals surface area contributed by atoms with Crippen LogP contribution >= 0.6 is 0 Å². The Morgan fingerprint density at radius 1 is 0.667 bits per heavy atom. The van der Waals surface area contributed by atoms with E-state index in [0.717, 1.165) is 45.6 Å². The van der Waals surface area contributed by atoms with Gasteiger partial charge < -0.3 is 10.2 Å². The average Bonchev–Trinajstić information content (AvgIpc) is 3.06. The van der Waals surface area contributed by atoms with Crippen molar-refractivity contribution in [3.63, 3.8) is 0 Å². The number of pyridine rings is 1. The summed E-state index contributed by atoms with van der Waals surface area (Å²) in [6.45, 7) is 0. The lowest BCUT2D eigenvalue weighted by molar-refractivity contribution is 0.475. The summed E-state index contributed by atoms with van der Waals surface area (Å²) in [6, 6.07) is 25.0. The molecule has 0 amide bonds. The molecule has 3 nitrogen and oxygen atoms in total. The molecule has 0 atom stereocenters. The first-order chi connectivity index (χ1) is 13.2. The monoisotopic (exact) mass is 351 g/mol. The zero-order chi connectivity index (χ0) is 18.4. The number of phenols is 2. The second-order valence-corrected chi connectivity index (χ2v) is 6.81. The maximum Gasteiger partial charge on any atom is 0.116 e. The number of aromatic hydroxyl groups is 2. The van der Waals surface area contributed by atoms with Crippen LogP contribution in [0.15, 0.2) is 78.9 Å². The number of rotatable bonds is 2. The summed E-state index contributed by atoms with van der Waals surface area (Å²) in [6.07, 6.45) is 0.781. The Hall–Kier alpha value is -3.59. The van der Waals surface area contributed by atoms with Crippen LogP contribution in [0.4, 0.5) is 0 Å². The number of benzene rings is 3. The van der Waals surface area contributed by atoms with E-state index in [0.29, 0.717) is 0 Å². The van der Waals surface area contributed by atoms with Crippen LogP contribution in [0.3, 0.4) is 0 Å². The molecule has 0 spiro atoms. The lowest BCUT2D eigenvalue weighted by atomic mass is 9.96. The number of nitrogens with zero attached hydrogens (tertiary/aromatic N) is 1. The van der Waals surface area contributed by atoms with Gasteiger partial charge in [0.25, 0.3) is 0 Å². The van der Waals surface area contributed by atoms with E-state index >= 15 is 0 Å². The van der Waals surface area contributed by atoms with Crippen LogP contribution in [0, 0.1) is 0 Å². The van der Waals surface area contributed by atoms with Gasteiger partial charge in [-0.3, -0.25) is 0 Å². The fourth-order valence-electron chi connectivity index (χ4n) is 3.76. The van der Waals surface area contributed by atoms with Crippen LogP contribution in [-0.2, 0) is 6.42 Å². The van der Waals surface area contributed by atoms with Crippen molar-refractivity contribution in [2.75, 3.05) is 0 Å². The van der Waals surface area contributed by atoms with E-state index in [9.17, 15) is 10.2 Å². The van der Waals surface area contributed by atoms with Gasteiger partial charge in [0, 0.05) is 17.5 Å². The molecule has 1 aliphatic carbocycles. The van der Waals surface area contributed by atoms with Gasteiger partial charge in [-0.1, -0.05) is 48.5 Å². The van der Waals surface area contributed by atoms with Crippen LogP contribution in [0.5, 0.6) is 11.5 Å². The van der Waals surface area contributed by atoms with Crippen molar-refractivity contribution >= 4 is 0 Å². The number of fused-ring (bicyclic) bond motifs is 3. The molecule has 0 bridgehead atoms. The van der Waals surface area contributed by atoms with Gasteiger partial charge in [-0.2, -0.15) is 0 Å². The molecule has 2 N–H and O–H groups in total. The van der Waals surface area contributed by atoms with Crippen molar-refractivity contribution in [1.29, 1.82) is 0 Å². The SMILES string of the molecule is Oc1ccc(-c2cc(-c3ccccc3)nc3c2Cc2ccc(O)cc2-3)cc1. The fourth-order valence-corrected chi connectivity index (χ4v) is 3.76. The van der Waals surface area contributed by atoms with E-state index in [1.165, 1.54) is 5.56 Å². The molecule has 0 fully saturated rings. The van der Waals surface area contributed by atoms with Gasteiger partial charge in [-0.25, -0.2) is 4.98 Å². The summed E-state index contributed by atoms with van der Waals surface area (Å²) >= 11 is 0. The Kier molecular flexibility index (Phi) is 3.47. The van der Waals surface area contributed by atoms with Crippen molar-refractivity contribution < 1.29 is 10.2 Å². The van der Waals surface area contributed by atoms with E-state index in [1.807, 2.05) is 48.5 Å². The number of hydrogen-bond acceptors (Lipinski definition) is 3. The maximum atomic E-state index is 9.97. The Morgan fingerprint density at radius 3 is 2.19 bits per heavy atom. The lowest BCUT2D eigenvalue weighted by Gasteiger charge is -2.12. The first-order valence-electron chi connectivity index (χ1n) is 8.90. The molecule has 0 saturated carbocycles. The highest BCUT2D eigenvalue weighted by Gasteiger charge is 2.25. The Labute approximate surface area is 157 Å². The van der Waals surface area contributed by atoms with Gasteiger partial charge in [-0.05, 0) is 52.6 Å². The number of hydrogen-bond donors (Lipinski definition) is 2. The van der Waals surface area contributed by atoms with Crippen LogP contribution in [0.25, 0.3) is 33.6 Å². The smallest absolute Gasteiger partial charge is 0.116 e. The van der Waals surface area contributed by atoms with Crippen molar-refractivity contribution in [2.45, 2.75) is 6.42 Å². The second-order valence-electron chi connectivity index (χ2n) is 6.81.